The van der Waals surface area contributed by atoms with E-state index in [1.54, 1.807) is 6.08 Å². The molecule has 12 unspecified atom stereocenters. The molecule has 0 aromatic heterocycles. The molecule has 0 aliphatic carbocycles. The van der Waals surface area contributed by atoms with Gasteiger partial charge in [0.05, 0.1) is 32.0 Å². The van der Waals surface area contributed by atoms with Crippen molar-refractivity contribution in [1.82, 2.24) is 5.32 Å². The predicted octanol–water partition coefficient (Wildman–Crippen LogP) is 13.6. The molecule has 2 saturated heterocycles. The number of carbonyl (C=O) groups is 1. The van der Waals surface area contributed by atoms with Crippen molar-refractivity contribution in [2.45, 2.75) is 383 Å². The summed E-state index contributed by atoms with van der Waals surface area (Å²) in [7, 11) is 0. The van der Waals surface area contributed by atoms with E-state index in [1.807, 2.05) is 6.08 Å². The Hall–Kier alpha value is -1.53. The van der Waals surface area contributed by atoms with Gasteiger partial charge < -0.3 is 65.1 Å². The van der Waals surface area contributed by atoms with Gasteiger partial charge in [0, 0.05) is 6.42 Å². The molecule has 0 saturated carbocycles. The van der Waals surface area contributed by atoms with Crippen LogP contribution in [0.4, 0.5) is 0 Å². The van der Waals surface area contributed by atoms with E-state index in [1.165, 1.54) is 238 Å². The highest BCUT2D eigenvalue weighted by molar-refractivity contribution is 5.76. The number of unbranched alkanes of at least 4 members (excludes halogenated alkanes) is 42. The van der Waals surface area contributed by atoms with Crippen molar-refractivity contribution in [1.29, 1.82) is 0 Å². The van der Waals surface area contributed by atoms with Gasteiger partial charge in [-0.15, -0.1) is 0 Å². The molecule has 0 aromatic rings. The fourth-order valence-corrected chi connectivity index (χ4v) is 11.6. The molecule has 2 rings (SSSR count). The number of allylic oxidation sites excluding steroid dienone is 3. The maximum Gasteiger partial charge on any atom is 0.220 e. The highest BCUT2D eigenvalue weighted by Crippen LogP contribution is 2.30. The summed E-state index contributed by atoms with van der Waals surface area (Å²) >= 11 is 0. The Morgan fingerprint density at radius 1 is 0.427 bits per heavy atom. The Bertz CT molecular complexity index is 1470. The average molecular weight is 1170 g/mol. The van der Waals surface area contributed by atoms with E-state index in [-0.39, 0.29) is 18.9 Å². The summed E-state index contributed by atoms with van der Waals surface area (Å²) in [6.45, 7) is 2.84. The number of rotatable bonds is 57. The summed E-state index contributed by atoms with van der Waals surface area (Å²) in [4.78, 5) is 13.3. The van der Waals surface area contributed by atoms with E-state index < -0.39 is 86.8 Å². The lowest BCUT2D eigenvalue weighted by Crippen LogP contribution is -2.65. The molecule has 2 aliphatic rings. The van der Waals surface area contributed by atoms with Crippen molar-refractivity contribution in [3.8, 4) is 0 Å². The molecule has 0 spiro atoms. The molecule has 2 aliphatic heterocycles. The number of hydrogen-bond acceptors (Lipinski definition) is 13. The van der Waals surface area contributed by atoms with E-state index in [4.69, 9.17) is 18.9 Å². The first kappa shape index (κ1) is 76.6. The Kier molecular flexibility index (Phi) is 50.1. The second kappa shape index (κ2) is 53.7. The second-order valence-corrected chi connectivity index (χ2v) is 24.7. The normalized spacial score (nSPS) is 24.0. The zero-order chi connectivity index (χ0) is 59.5. The van der Waals surface area contributed by atoms with Crippen molar-refractivity contribution >= 4 is 5.91 Å². The largest absolute Gasteiger partial charge is 0.394 e. The molecule has 14 nitrogen and oxygen atoms in total. The van der Waals surface area contributed by atoms with E-state index in [0.717, 1.165) is 44.9 Å². The number of aliphatic hydroxyl groups excluding tert-OH is 8. The van der Waals surface area contributed by atoms with E-state index in [9.17, 15) is 45.6 Å². The first-order chi connectivity index (χ1) is 40.1. The van der Waals surface area contributed by atoms with Gasteiger partial charge in [0.1, 0.15) is 48.8 Å². The Morgan fingerprint density at radius 3 is 1.16 bits per heavy atom. The van der Waals surface area contributed by atoms with Gasteiger partial charge in [-0.2, -0.15) is 0 Å². The van der Waals surface area contributed by atoms with Crippen molar-refractivity contribution in [2.24, 2.45) is 0 Å². The van der Waals surface area contributed by atoms with Crippen LogP contribution >= 0.6 is 0 Å². The van der Waals surface area contributed by atoms with Crippen LogP contribution in [-0.4, -0.2) is 140 Å². The lowest BCUT2D eigenvalue weighted by atomic mass is 9.97. The molecule has 484 valence electrons. The zero-order valence-corrected chi connectivity index (χ0v) is 52.5. The number of ether oxygens (including phenoxy) is 4. The van der Waals surface area contributed by atoms with Crippen LogP contribution in [0.25, 0.3) is 0 Å². The molecular weight excluding hydrogens is 1040 g/mol. The molecule has 82 heavy (non-hydrogen) atoms. The first-order valence-corrected chi connectivity index (χ1v) is 34.6. The molecule has 2 fully saturated rings. The van der Waals surface area contributed by atoms with Crippen molar-refractivity contribution in [3.63, 3.8) is 0 Å². The molecule has 0 aromatic carbocycles. The lowest BCUT2D eigenvalue weighted by molar-refractivity contribution is -0.359. The van der Waals surface area contributed by atoms with Gasteiger partial charge >= 0.3 is 0 Å². The van der Waals surface area contributed by atoms with Crippen LogP contribution < -0.4 is 5.32 Å². The Labute approximate surface area is 500 Å². The molecule has 0 radical (unpaired) electrons. The molecule has 1 amide bonds. The van der Waals surface area contributed by atoms with E-state index in [2.05, 4.69) is 31.3 Å². The predicted molar refractivity (Wildman–Crippen MR) is 332 cm³/mol. The van der Waals surface area contributed by atoms with Crippen molar-refractivity contribution in [2.75, 3.05) is 19.8 Å². The number of hydrogen-bond donors (Lipinski definition) is 9. The smallest absolute Gasteiger partial charge is 0.220 e. The fourth-order valence-electron chi connectivity index (χ4n) is 11.6. The van der Waals surface area contributed by atoms with Crippen LogP contribution in [0.1, 0.15) is 309 Å². The van der Waals surface area contributed by atoms with Crippen LogP contribution in [0.3, 0.4) is 0 Å². The maximum atomic E-state index is 13.3. The van der Waals surface area contributed by atoms with Gasteiger partial charge in [0.2, 0.25) is 5.91 Å². The Morgan fingerprint density at radius 2 is 0.768 bits per heavy atom. The number of aliphatic hydroxyl groups is 8. The third kappa shape index (κ3) is 37.9. The minimum Gasteiger partial charge on any atom is -0.394 e. The third-order valence-corrected chi connectivity index (χ3v) is 17.1. The molecular formula is C68H129NO13. The summed E-state index contributed by atoms with van der Waals surface area (Å²) < 4.78 is 22.8. The van der Waals surface area contributed by atoms with Crippen molar-refractivity contribution < 1.29 is 64.6 Å². The molecule has 2 heterocycles. The molecule has 14 heteroatoms. The third-order valence-electron chi connectivity index (χ3n) is 17.1. The first-order valence-electron chi connectivity index (χ1n) is 34.6. The van der Waals surface area contributed by atoms with Crippen LogP contribution in [0.5, 0.6) is 0 Å². The van der Waals surface area contributed by atoms with Gasteiger partial charge in [-0.1, -0.05) is 282 Å². The summed E-state index contributed by atoms with van der Waals surface area (Å²) in [5, 5.41) is 87.4. The molecule has 9 N–H and O–H groups in total. The van der Waals surface area contributed by atoms with E-state index in [0.29, 0.717) is 6.42 Å². The quantitative estimate of drug-likeness (QED) is 0.0204. The van der Waals surface area contributed by atoms with Gasteiger partial charge in [-0.25, -0.2) is 0 Å². The van der Waals surface area contributed by atoms with Crippen LogP contribution in [0.2, 0.25) is 0 Å². The summed E-state index contributed by atoms with van der Waals surface area (Å²) in [6, 6.07) is -0.916. The SMILES string of the molecule is CCCCCCCCC/C=C\CCCCCCCCCC(=O)NC(COC1OC(CO)C(OC2OC(CO)C(O)C(O)C2O)C(O)C1O)C(O)/C=C/CCCCCCCCCCCCCCCCCCCCCCCCCCCCCC. The summed E-state index contributed by atoms with van der Waals surface area (Å²) in [5.74, 6) is -0.239. The maximum absolute atomic E-state index is 13.3. The minimum absolute atomic E-state index is 0.239. The number of carbonyl (C=O) groups excluding carboxylic acids is 1. The number of amides is 1. The van der Waals surface area contributed by atoms with Gasteiger partial charge in [-0.05, 0) is 44.9 Å². The summed E-state index contributed by atoms with van der Waals surface area (Å²) in [6.07, 6.45) is 49.5. The second-order valence-electron chi connectivity index (χ2n) is 24.7. The highest BCUT2D eigenvalue weighted by atomic mass is 16.7. The average Bonchev–Trinajstić information content (AvgIpc) is 3.53. The Balaban J connectivity index is 1.67. The van der Waals surface area contributed by atoms with Gasteiger partial charge in [0.15, 0.2) is 12.6 Å². The standard InChI is InChI=1S/C68H129NO13/c1-3-5-7-9-11-13-15-17-19-21-23-24-25-26-27-28-29-30-31-32-33-34-35-37-39-41-43-45-47-49-51-57(72)56(69-60(73)52-50-48-46-44-42-40-38-36-22-20-18-16-14-12-10-8-6-4-2)55-79-67-65(78)63(76)66(59(54-71)81-67)82-68-64(77)62(75)61(74)58(53-70)80-68/h20,22,49,51,56-59,61-68,70-72,74-78H,3-19,21,23-48,50,52-55H2,1-2H3,(H,69,73)/b22-20-,51-49+. The number of nitrogens with one attached hydrogen (secondary N) is 1. The van der Waals surface area contributed by atoms with Crippen LogP contribution in [0.15, 0.2) is 24.3 Å². The topological polar surface area (TPSA) is 228 Å². The lowest BCUT2D eigenvalue weighted by Gasteiger charge is -2.46. The van der Waals surface area contributed by atoms with Crippen LogP contribution in [0, 0.1) is 0 Å². The minimum atomic E-state index is -1.79. The van der Waals surface area contributed by atoms with Gasteiger partial charge in [-0.3, -0.25) is 4.79 Å². The zero-order valence-electron chi connectivity index (χ0n) is 52.5. The van der Waals surface area contributed by atoms with Gasteiger partial charge in [0.25, 0.3) is 0 Å². The molecule has 0 bridgehead atoms. The highest BCUT2D eigenvalue weighted by Gasteiger charge is 2.51. The fraction of sp³-hybridized carbons (Fsp3) is 0.926. The summed E-state index contributed by atoms with van der Waals surface area (Å²) in [5.41, 5.74) is 0. The monoisotopic (exact) mass is 1170 g/mol. The molecule has 12 atom stereocenters. The van der Waals surface area contributed by atoms with Crippen LogP contribution in [-0.2, 0) is 23.7 Å². The van der Waals surface area contributed by atoms with E-state index >= 15 is 0 Å². The van der Waals surface area contributed by atoms with Crippen molar-refractivity contribution in [3.05, 3.63) is 24.3 Å².